The van der Waals surface area contributed by atoms with Gasteiger partial charge < -0.3 is 10.1 Å². The number of benzene rings is 1. The van der Waals surface area contributed by atoms with E-state index >= 15 is 0 Å². The molecule has 1 aromatic carbocycles. The topological polar surface area (TPSA) is 92.1 Å². The molecule has 148 valence electrons. The van der Waals surface area contributed by atoms with Crippen molar-refractivity contribution in [2.45, 2.75) is 59.6 Å². The zero-order valence-electron chi connectivity index (χ0n) is 17.3. The number of hydrogen-bond donors (Lipinski definition) is 1. The van der Waals surface area contributed by atoms with Gasteiger partial charge in [0.05, 0.1) is 17.1 Å². The van der Waals surface area contributed by atoms with Gasteiger partial charge in [0.25, 0.3) is 5.91 Å². The molecule has 0 unspecified atom stereocenters. The van der Waals surface area contributed by atoms with Crippen LogP contribution in [0.15, 0.2) is 24.3 Å². The normalized spacial score (nSPS) is 14.2. The van der Waals surface area contributed by atoms with Gasteiger partial charge >= 0.3 is 5.97 Å². The van der Waals surface area contributed by atoms with Crippen LogP contribution in [0.1, 0.15) is 56.2 Å². The number of nitrogens with one attached hydrogen (secondary N) is 1. The maximum Gasteiger partial charge on any atom is 0.339 e. The molecular weight excluding hydrogens is 354 g/mol. The summed E-state index contributed by atoms with van der Waals surface area (Å²) < 4.78 is 5.47. The largest absolute Gasteiger partial charge is 0.449 e. The Hall–Kier alpha value is -2.94. The second-order valence-electron chi connectivity index (χ2n) is 7.43. The van der Waals surface area contributed by atoms with Gasteiger partial charge in [0, 0.05) is 11.1 Å². The lowest BCUT2D eigenvalue weighted by atomic mass is 9.90. The Morgan fingerprint density at radius 1 is 1.29 bits per heavy atom. The fourth-order valence-corrected chi connectivity index (χ4v) is 2.90. The van der Waals surface area contributed by atoms with Crippen LogP contribution in [-0.4, -0.2) is 28.5 Å². The van der Waals surface area contributed by atoms with Crippen molar-refractivity contribution >= 4 is 22.8 Å². The number of esters is 1. The van der Waals surface area contributed by atoms with E-state index in [1.807, 2.05) is 52.0 Å². The average molecular weight is 381 g/mol. The highest BCUT2D eigenvalue weighted by molar-refractivity contribution is 6.05. The number of aryl methyl sites for hydroxylation is 1. The Morgan fingerprint density at radius 3 is 2.50 bits per heavy atom. The molecule has 0 bridgehead atoms. The second kappa shape index (κ2) is 8.39. The molecule has 0 radical (unpaired) electrons. The minimum atomic E-state index is -1.04. The van der Waals surface area contributed by atoms with Gasteiger partial charge in [0.15, 0.2) is 6.10 Å². The van der Waals surface area contributed by atoms with Crippen molar-refractivity contribution in [1.29, 1.82) is 5.26 Å². The van der Waals surface area contributed by atoms with Crippen LogP contribution < -0.4 is 5.32 Å². The maximum atomic E-state index is 12.9. The van der Waals surface area contributed by atoms with E-state index in [1.54, 1.807) is 6.92 Å². The summed E-state index contributed by atoms with van der Waals surface area (Å²) in [5.74, 6) is -1.17. The minimum Gasteiger partial charge on any atom is -0.449 e. The second-order valence-corrected chi connectivity index (χ2v) is 7.43. The van der Waals surface area contributed by atoms with Gasteiger partial charge in [-0.25, -0.2) is 4.79 Å². The molecular formula is C22H27N3O3. The number of nitrogens with zero attached hydrogens (tertiary/aromatic N) is 2. The van der Waals surface area contributed by atoms with Crippen molar-refractivity contribution in [2.24, 2.45) is 5.92 Å². The van der Waals surface area contributed by atoms with Gasteiger partial charge in [0.2, 0.25) is 0 Å². The highest BCUT2D eigenvalue weighted by Gasteiger charge is 2.33. The van der Waals surface area contributed by atoms with Crippen LogP contribution in [0.25, 0.3) is 10.9 Å². The molecule has 0 saturated heterocycles. The van der Waals surface area contributed by atoms with Crippen LogP contribution in [0.4, 0.5) is 0 Å². The average Bonchev–Trinajstić information content (AvgIpc) is 2.66. The first-order chi connectivity index (χ1) is 13.1. The molecule has 1 aromatic heterocycles. The van der Waals surface area contributed by atoms with Crippen LogP contribution in [-0.2, 0) is 16.0 Å². The summed E-state index contributed by atoms with van der Waals surface area (Å²) in [6.07, 6.45) is -0.350. The summed E-state index contributed by atoms with van der Waals surface area (Å²) >= 11 is 0. The Bertz CT molecular complexity index is 946. The van der Waals surface area contributed by atoms with Crippen molar-refractivity contribution in [3.05, 3.63) is 41.1 Å². The highest BCUT2D eigenvalue weighted by atomic mass is 16.5. The molecule has 2 atom stereocenters. The zero-order chi connectivity index (χ0) is 21.1. The number of carbonyl (C=O) groups excluding carboxylic acids is 2. The van der Waals surface area contributed by atoms with E-state index in [9.17, 15) is 14.9 Å². The molecule has 6 heteroatoms. The Labute approximate surface area is 165 Å². The van der Waals surface area contributed by atoms with Crippen LogP contribution in [0.2, 0.25) is 0 Å². The summed E-state index contributed by atoms with van der Waals surface area (Å²) in [5, 5.41) is 12.8. The molecule has 1 amide bonds. The fourth-order valence-electron chi connectivity index (χ4n) is 2.90. The van der Waals surface area contributed by atoms with Crippen molar-refractivity contribution < 1.29 is 14.3 Å². The van der Waals surface area contributed by atoms with E-state index in [1.165, 1.54) is 6.92 Å². The van der Waals surface area contributed by atoms with E-state index in [0.29, 0.717) is 22.9 Å². The van der Waals surface area contributed by atoms with E-state index < -0.39 is 23.5 Å². The minimum absolute atomic E-state index is 0.0946. The number of carbonyl (C=O) groups is 2. The first-order valence-electron chi connectivity index (χ1n) is 9.47. The third kappa shape index (κ3) is 4.14. The van der Waals surface area contributed by atoms with E-state index in [4.69, 9.17) is 4.74 Å². The number of amides is 1. The lowest BCUT2D eigenvalue weighted by Gasteiger charge is -2.28. The third-order valence-electron chi connectivity index (χ3n) is 5.20. The van der Waals surface area contributed by atoms with Gasteiger partial charge in [-0.05, 0) is 44.7 Å². The molecule has 0 aliphatic heterocycles. The highest BCUT2D eigenvalue weighted by Crippen LogP contribution is 2.25. The predicted octanol–water partition coefficient (Wildman–Crippen LogP) is 3.71. The molecule has 0 spiro atoms. The number of pyridine rings is 1. The molecule has 1 heterocycles. The standard InChI is InChI=1S/C22H27N3O3/c1-7-17-14(4)19(16-10-8-9-11-18(16)24-17)21(27)28-15(5)20(26)25-22(6,12-23)13(2)3/h8-11,13,15H,7H2,1-6H3,(H,25,26)/t15-,22+/m1/s1. The number of hydrogen-bond acceptors (Lipinski definition) is 5. The van der Waals surface area contributed by atoms with E-state index in [0.717, 1.165) is 11.3 Å². The lowest BCUT2D eigenvalue weighted by molar-refractivity contribution is -0.130. The van der Waals surface area contributed by atoms with Crippen molar-refractivity contribution in [1.82, 2.24) is 10.3 Å². The monoisotopic (exact) mass is 381 g/mol. The van der Waals surface area contributed by atoms with Crippen LogP contribution in [0, 0.1) is 24.2 Å². The third-order valence-corrected chi connectivity index (χ3v) is 5.20. The quantitative estimate of drug-likeness (QED) is 0.770. The molecule has 1 N–H and O–H groups in total. The molecule has 28 heavy (non-hydrogen) atoms. The van der Waals surface area contributed by atoms with E-state index in [2.05, 4.69) is 16.4 Å². The van der Waals surface area contributed by atoms with Gasteiger partial charge in [-0.3, -0.25) is 9.78 Å². The van der Waals surface area contributed by atoms with Gasteiger partial charge in [0.1, 0.15) is 5.54 Å². The molecule has 0 saturated carbocycles. The van der Waals surface area contributed by atoms with Crippen LogP contribution in [0.5, 0.6) is 0 Å². The molecule has 2 rings (SSSR count). The van der Waals surface area contributed by atoms with Crippen molar-refractivity contribution in [2.75, 3.05) is 0 Å². The Balaban J connectivity index is 2.31. The summed E-state index contributed by atoms with van der Waals surface area (Å²) in [5.41, 5.74) is 1.68. The Morgan fingerprint density at radius 2 is 1.93 bits per heavy atom. The number of para-hydroxylation sites is 1. The van der Waals surface area contributed by atoms with Crippen molar-refractivity contribution in [3.8, 4) is 6.07 Å². The predicted molar refractivity (Wildman–Crippen MR) is 108 cm³/mol. The number of ether oxygens (including phenoxy) is 1. The van der Waals surface area contributed by atoms with Gasteiger partial charge in [-0.15, -0.1) is 0 Å². The first-order valence-corrected chi connectivity index (χ1v) is 9.47. The Kier molecular flexibility index (Phi) is 6.40. The lowest BCUT2D eigenvalue weighted by Crippen LogP contribution is -2.52. The summed E-state index contributed by atoms with van der Waals surface area (Å²) in [6, 6.07) is 9.49. The smallest absolute Gasteiger partial charge is 0.339 e. The summed E-state index contributed by atoms with van der Waals surface area (Å²) in [4.78, 5) is 30.1. The molecule has 0 aliphatic rings. The summed E-state index contributed by atoms with van der Waals surface area (Å²) in [7, 11) is 0. The number of rotatable bonds is 6. The van der Waals surface area contributed by atoms with Gasteiger partial charge in [-0.1, -0.05) is 39.0 Å². The number of aromatic nitrogens is 1. The van der Waals surface area contributed by atoms with E-state index in [-0.39, 0.29) is 5.92 Å². The SMILES string of the molecule is CCc1nc2ccccc2c(C(=O)O[C@H](C)C(=O)N[C@@](C)(C#N)C(C)C)c1C. The first kappa shape index (κ1) is 21.4. The molecule has 2 aromatic rings. The van der Waals surface area contributed by atoms with Crippen LogP contribution in [0.3, 0.4) is 0 Å². The maximum absolute atomic E-state index is 12.9. The van der Waals surface area contributed by atoms with Gasteiger partial charge in [-0.2, -0.15) is 5.26 Å². The molecule has 0 fully saturated rings. The summed E-state index contributed by atoms with van der Waals surface area (Å²) in [6.45, 7) is 10.7. The fraction of sp³-hybridized carbons (Fsp3) is 0.455. The molecule has 6 nitrogen and oxygen atoms in total. The van der Waals surface area contributed by atoms with Crippen molar-refractivity contribution in [3.63, 3.8) is 0 Å². The number of fused-ring (bicyclic) bond motifs is 1. The molecule has 0 aliphatic carbocycles. The zero-order valence-corrected chi connectivity index (χ0v) is 17.3. The number of nitriles is 1. The van der Waals surface area contributed by atoms with Crippen LogP contribution >= 0.6 is 0 Å².